The van der Waals surface area contributed by atoms with Crippen LogP contribution in [0.25, 0.3) is 10.8 Å². The van der Waals surface area contributed by atoms with E-state index in [2.05, 4.69) is 16.0 Å². The lowest BCUT2D eigenvalue weighted by Crippen LogP contribution is -2.37. The number of aliphatic hydroxyl groups excluding tert-OH is 2. The lowest BCUT2D eigenvalue weighted by Gasteiger charge is -2.35. The van der Waals surface area contributed by atoms with Crippen molar-refractivity contribution in [3.8, 4) is 0 Å². The molecule has 1 saturated carbocycles. The molecule has 0 bridgehead atoms. The maximum Gasteiger partial charge on any atom is 0.136 e. The number of benzene rings is 1. The molecule has 1 aromatic carbocycles. The molecule has 0 spiro atoms. The Morgan fingerprint density at radius 1 is 1.30 bits per heavy atom. The van der Waals surface area contributed by atoms with Crippen LogP contribution in [0.2, 0.25) is 0 Å². The minimum Gasteiger partial charge on any atom is -0.393 e. The van der Waals surface area contributed by atoms with Gasteiger partial charge in [0.15, 0.2) is 0 Å². The first-order valence-electron chi connectivity index (χ1n) is 7.06. The van der Waals surface area contributed by atoms with E-state index in [0.29, 0.717) is 11.6 Å². The second-order valence-electron chi connectivity index (χ2n) is 5.69. The Kier molecular flexibility index (Phi) is 3.59. The van der Waals surface area contributed by atoms with Gasteiger partial charge in [-0.1, -0.05) is 24.3 Å². The predicted molar refractivity (Wildman–Crippen MR) is 79.7 cm³/mol. The largest absolute Gasteiger partial charge is 0.393 e. The third-order valence-corrected chi connectivity index (χ3v) is 4.04. The molecule has 1 heterocycles. The highest BCUT2D eigenvalue weighted by Crippen LogP contribution is 2.31. The Balaban J connectivity index is 1.92. The number of hydrogen-bond acceptors (Lipinski definition) is 4. The Labute approximate surface area is 118 Å². The summed E-state index contributed by atoms with van der Waals surface area (Å²) in [6.45, 7) is 0.844. The number of anilines is 1. The van der Waals surface area contributed by atoms with Gasteiger partial charge in [-0.25, -0.2) is 4.98 Å². The number of nitrogens with zero attached hydrogens (tertiary/aromatic N) is 2. The molecule has 20 heavy (non-hydrogen) atoms. The third-order valence-electron chi connectivity index (χ3n) is 4.04. The van der Waals surface area contributed by atoms with Crippen molar-refractivity contribution in [1.29, 1.82) is 0 Å². The van der Waals surface area contributed by atoms with Crippen LogP contribution in [-0.4, -0.2) is 34.9 Å². The van der Waals surface area contributed by atoms with Crippen LogP contribution in [0.3, 0.4) is 0 Å². The van der Waals surface area contributed by atoms with Crippen LogP contribution < -0.4 is 4.90 Å². The Morgan fingerprint density at radius 3 is 2.75 bits per heavy atom. The molecule has 0 unspecified atom stereocenters. The van der Waals surface area contributed by atoms with Crippen LogP contribution in [0.4, 0.5) is 5.82 Å². The zero-order valence-electron chi connectivity index (χ0n) is 11.7. The summed E-state index contributed by atoms with van der Waals surface area (Å²) < 4.78 is 0. The van der Waals surface area contributed by atoms with Gasteiger partial charge in [0.25, 0.3) is 0 Å². The van der Waals surface area contributed by atoms with Gasteiger partial charge in [0.2, 0.25) is 0 Å². The van der Waals surface area contributed by atoms with Crippen molar-refractivity contribution < 1.29 is 10.2 Å². The standard InChI is InChI=1S/C16H20N2O2/c1-18(9-11-6-14(20)7-11)16-15-5-3-2-4-12(15)8-13(10-19)17-16/h2-5,8,11,14,19-20H,6-7,9-10H2,1H3. The first kappa shape index (κ1) is 13.3. The first-order chi connectivity index (χ1) is 9.67. The fourth-order valence-electron chi connectivity index (χ4n) is 2.93. The number of fused-ring (bicyclic) bond motifs is 1. The molecule has 0 aliphatic heterocycles. The topological polar surface area (TPSA) is 56.6 Å². The van der Waals surface area contributed by atoms with Gasteiger partial charge < -0.3 is 15.1 Å². The first-order valence-corrected chi connectivity index (χ1v) is 7.06. The summed E-state index contributed by atoms with van der Waals surface area (Å²) in [5.74, 6) is 1.45. The number of pyridine rings is 1. The maximum absolute atomic E-state index is 9.39. The van der Waals surface area contributed by atoms with Crippen molar-refractivity contribution in [2.75, 3.05) is 18.5 Å². The average Bonchev–Trinajstić information content (AvgIpc) is 2.44. The summed E-state index contributed by atoms with van der Waals surface area (Å²) in [6, 6.07) is 10.0. The van der Waals surface area contributed by atoms with Gasteiger partial charge in [-0.2, -0.15) is 0 Å². The van der Waals surface area contributed by atoms with E-state index in [-0.39, 0.29) is 12.7 Å². The minimum atomic E-state index is -0.123. The summed E-state index contributed by atoms with van der Waals surface area (Å²) in [6.07, 6.45) is 1.63. The number of rotatable bonds is 4. The highest BCUT2D eigenvalue weighted by Gasteiger charge is 2.28. The molecular weight excluding hydrogens is 252 g/mol. The van der Waals surface area contributed by atoms with Gasteiger partial charge in [-0.15, -0.1) is 0 Å². The second-order valence-corrected chi connectivity index (χ2v) is 5.69. The predicted octanol–water partition coefficient (Wildman–Crippen LogP) is 1.93. The van der Waals surface area contributed by atoms with Crippen LogP contribution in [0.15, 0.2) is 30.3 Å². The highest BCUT2D eigenvalue weighted by atomic mass is 16.3. The van der Waals surface area contributed by atoms with Crippen molar-refractivity contribution in [2.24, 2.45) is 5.92 Å². The molecule has 1 aliphatic carbocycles. The molecule has 0 atom stereocenters. The summed E-state index contributed by atoms with van der Waals surface area (Å²) in [7, 11) is 2.03. The number of aromatic nitrogens is 1. The van der Waals surface area contributed by atoms with Crippen molar-refractivity contribution in [1.82, 2.24) is 4.98 Å². The van der Waals surface area contributed by atoms with Gasteiger partial charge >= 0.3 is 0 Å². The van der Waals surface area contributed by atoms with Crippen LogP contribution in [0, 0.1) is 5.92 Å². The van der Waals surface area contributed by atoms with Gasteiger partial charge in [0.05, 0.1) is 18.4 Å². The molecular formula is C16H20N2O2. The van der Waals surface area contributed by atoms with E-state index in [4.69, 9.17) is 0 Å². The summed E-state index contributed by atoms with van der Waals surface area (Å²) in [5.41, 5.74) is 0.694. The second kappa shape index (κ2) is 5.38. The van der Waals surface area contributed by atoms with Gasteiger partial charge in [-0.3, -0.25) is 0 Å². The molecule has 0 saturated heterocycles. The van der Waals surface area contributed by atoms with Crippen LogP contribution >= 0.6 is 0 Å². The summed E-state index contributed by atoms with van der Waals surface area (Å²) in [4.78, 5) is 6.70. The van der Waals surface area contributed by atoms with E-state index in [1.165, 1.54) is 0 Å². The Hall–Kier alpha value is -1.65. The summed E-state index contributed by atoms with van der Waals surface area (Å²) in [5, 5.41) is 21.0. The van der Waals surface area contributed by atoms with Gasteiger partial charge in [0, 0.05) is 19.0 Å². The van der Waals surface area contributed by atoms with Crippen LogP contribution in [-0.2, 0) is 6.61 Å². The fourth-order valence-corrected chi connectivity index (χ4v) is 2.93. The molecule has 2 aromatic rings. The molecule has 1 aromatic heterocycles. The minimum absolute atomic E-state index is 0.0478. The van der Waals surface area contributed by atoms with E-state index < -0.39 is 0 Å². The van der Waals surface area contributed by atoms with Gasteiger partial charge in [0.1, 0.15) is 5.82 Å². The lowest BCUT2D eigenvalue weighted by molar-refractivity contribution is 0.0464. The molecule has 1 fully saturated rings. The zero-order chi connectivity index (χ0) is 14.1. The highest BCUT2D eigenvalue weighted by molar-refractivity contribution is 5.92. The van der Waals surface area contributed by atoms with Crippen molar-refractivity contribution in [2.45, 2.75) is 25.6 Å². The van der Waals surface area contributed by atoms with E-state index in [9.17, 15) is 10.2 Å². The maximum atomic E-state index is 9.39. The quantitative estimate of drug-likeness (QED) is 0.893. The third kappa shape index (κ3) is 2.49. The van der Waals surface area contributed by atoms with Crippen molar-refractivity contribution >= 4 is 16.6 Å². The number of aliphatic hydroxyl groups is 2. The summed E-state index contributed by atoms with van der Waals surface area (Å²) >= 11 is 0. The molecule has 0 radical (unpaired) electrons. The molecule has 4 nitrogen and oxygen atoms in total. The average molecular weight is 272 g/mol. The number of hydrogen-bond donors (Lipinski definition) is 2. The molecule has 1 aliphatic rings. The Bertz CT molecular complexity index is 608. The van der Waals surface area contributed by atoms with Crippen molar-refractivity contribution in [3.05, 3.63) is 36.0 Å². The normalized spacial score (nSPS) is 21.8. The molecule has 0 amide bonds. The van der Waals surface area contributed by atoms with E-state index in [1.807, 2.05) is 31.3 Å². The fraction of sp³-hybridized carbons (Fsp3) is 0.438. The zero-order valence-corrected chi connectivity index (χ0v) is 11.7. The molecule has 4 heteroatoms. The van der Waals surface area contributed by atoms with Crippen molar-refractivity contribution in [3.63, 3.8) is 0 Å². The van der Waals surface area contributed by atoms with E-state index in [0.717, 1.165) is 36.0 Å². The van der Waals surface area contributed by atoms with Crippen LogP contribution in [0.1, 0.15) is 18.5 Å². The van der Waals surface area contributed by atoms with E-state index in [1.54, 1.807) is 0 Å². The molecule has 2 N–H and O–H groups in total. The Morgan fingerprint density at radius 2 is 2.05 bits per heavy atom. The van der Waals surface area contributed by atoms with Gasteiger partial charge in [-0.05, 0) is 30.2 Å². The SMILES string of the molecule is CN(CC1CC(O)C1)c1nc(CO)cc2ccccc12. The smallest absolute Gasteiger partial charge is 0.136 e. The molecule has 3 rings (SSSR count). The molecule has 106 valence electrons. The van der Waals surface area contributed by atoms with E-state index >= 15 is 0 Å². The van der Waals surface area contributed by atoms with Crippen LogP contribution in [0.5, 0.6) is 0 Å². The lowest BCUT2D eigenvalue weighted by atomic mass is 9.82. The monoisotopic (exact) mass is 272 g/mol.